The smallest absolute Gasteiger partial charge is 0.127 e. The van der Waals surface area contributed by atoms with Crippen LogP contribution in [0.3, 0.4) is 0 Å². The summed E-state index contributed by atoms with van der Waals surface area (Å²) in [5, 5.41) is 26.5. The Labute approximate surface area is 147 Å². The summed E-state index contributed by atoms with van der Waals surface area (Å²) in [4.78, 5) is 0. The predicted molar refractivity (Wildman–Crippen MR) is 100 cm³/mol. The number of nitrogens with two attached hydrogens (primary N) is 1. The molecule has 0 saturated carbocycles. The molecule has 1 aliphatic heterocycles. The average Bonchev–Trinajstić information content (AvgIpc) is 2.46. The Morgan fingerprint density at radius 2 is 2.21 bits per heavy atom. The van der Waals surface area contributed by atoms with E-state index in [1.807, 2.05) is 0 Å². The summed E-state index contributed by atoms with van der Waals surface area (Å²) in [6.07, 6.45) is 5.47. The summed E-state index contributed by atoms with van der Waals surface area (Å²) in [7, 11) is 0. The van der Waals surface area contributed by atoms with Crippen LogP contribution >= 0.6 is 0 Å². The first-order chi connectivity index (χ1) is 11.2. The van der Waals surface area contributed by atoms with Gasteiger partial charge in [-0.3, -0.25) is 0 Å². The lowest BCUT2D eigenvalue weighted by molar-refractivity contribution is 0.0761. The first-order valence-electron chi connectivity index (χ1n) is 9.10. The van der Waals surface area contributed by atoms with Crippen LogP contribution in [0.15, 0.2) is 23.9 Å². The summed E-state index contributed by atoms with van der Waals surface area (Å²) < 4.78 is 0. The van der Waals surface area contributed by atoms with Crippen molar-refractivity contribution in [1.82, 2.24) is 10.6 Å². The Morgan fingerprint density at radius 3 is 2.79 bits per heavy atom. The number of hydrogen-bond donors (Lipinski definition) is 5. The molecular weight excluding hydrogens is 302 g/mol. The first kappa shape index (κ1) is 21.2. The van der Waals surface area contributed by atoms with E-state index in [-0.39, 0.29) is 17.4 Å². The largest absolute Gasteiger partial charge is 0.392 e. The van der Waals surface area contributed by atoms with Crippen LogP contribution in [0.1, 0.15) is 52.9 Å². The molecule has 0 aromatic rings. The minimum atomic E-state index is -0.536. The molecule has 6 N–H and O–H groups in total. The monoisotopic (exact) mass is 339 g/mol. The van der Waals surface area contributed by atoms with Crippen LogP contribution in [0.4, 0.5) is 0 Å². The SMILES string of the molecule is C=C(C[C@@H]1CC=C(CNCC(O)CCCN)N[C@@H]1O)CC(C)(C)C. The quantitative estimate of drug-likeness (QED) is 0.392. The molecule has 1 rings (SSSR count). The number of nitrogens with one attached hydrogen (secondary N) is 2. The molecule has 140 valence electrons. The predicted octanol–water partition coefficient (Wildman–Crippen LogP) is 1.87. The van der Waals surface area contributed by atoms with Crippen LogP contribution in [0, 0.1) is 11.3 Å². The van der Waals surface area contributed by atoms with Crippen LogP contribution in [0.2, 0.25) is 0 Å². The number of hydrogen-bond acceptors (Lipinski definition) is 5. The number of aliphatic hydroxyl groups excluding tert-OH is 2. The Morgan fingerprint density at radius 1 is 1.50 bits per heavy atom. The van der Waals surface area contributed by atoms with Crippen LogP contribution in [-0.2, 0) is 0 Å². The van der Waals surface area contributed by atoms with Crippen molar-refractivity contribution in [3.05, 3.63) is 23.9 Å². The third kappa shape index (κ3) is 8.83. The standard InChI is InChI=1S/C19H37N3O2/c1-14(11-19(2,3)4)10-15-7-8-16(22-18(15)24)12-21-13-17(23)6-5-9-20/h8,15,17-18,21-24H,1,5-7,9-13,20H2,2-4H3/t15-,17?,18+/m0/s1. The molecule has 5 heteroatoms. The number of aliphatic hydroxyl groups is 2. The first-order valence-corrected chi connectivity index (χ1v) is 9.10. The van der Waals surface area contributed by atoms with Crippen molar-refractivity contribution in [1.29, 1.82) is 0 Å². The zero-order valence-corrected chi connectivity index (χ0v) is 15.6. The van der Waals surface area contributed by atoms with E-state index in [0.717, 1.165) is 37.8 Å². The number of rotatable bonds is 10. The van der Waals surface area contributed by atoms with Crippen LogP contribution < -0.4 is 16.4 Å². The van der Waals surface area contributed by atoms with Gasteiger partial charge in [0.05, 0.1) is 6.10 Å². The van der Waals surface area contributed by atoms with Crippen molar-refractivity contribution < 1.29 is 10.2 Å². The molecule has 0 saturated heterocycles. The molecule has 0 radical (unpaired) electrons. The lowest BCUT2D eigenvalue weighted by Crippen LogP contribution is -2.42. The normalized spacial score (nSPS) is 22.7. The molecule has 0 bridgehead atoms. The van der Waals surface area contributed by atoms with Gasteiger partial charge in [-0.05, 0) is 44.1 Å². The van der Waals surface area contributed by atoms with Gasteiger partial charge in [0.1, 0.15) is 6.23 Å². The highest BCUT2D eigenvalue weighted by atomic mass is 16.3. The van der Waals surface area contributed by atoms with E-state index in [9.17, 15) is 10.2 Å². The molecule has 0 spiro atoms. The molecular formula is C19H37N3O2. The minimum Gasteiger partial charge on any atom is -0.392 e. The zero-order valence-electron chi connectivity index (χ0n) is 15.6. The van der Waals surface area contributed by atoms with Crippen molar-refractivity contribution >= 4 is 0 Å². The van der Waals surface area contributed by atoms with Gasteiger partial charge in [-0.1, -0.05) is 39.0 Å². The van der Waals surface area contributed by atoms with Gasteiger partial charge in [0.2, 0.25) is 0 Å². The van der Waals surface area contributed by atoms with E-state index < -0.39 is 6.23 Å². The average molecular weight is 340 g/mol. The summed E-state index contributed by atoms with van der Waals surface area (Å²) in [6.45, 7) is 12.6. The Hall–Kier alpha value is -0.880. The number of allylic oxidation sites excluding steroid dienone is 2. The zero-order chi connectivity index (χ0) is 18.2. The molecule has 0 amide bonds. The Bertz CT molecular complexity index is 415. The molecule has 0 aliphatic carbocycles. The van der Waals surface area contributed by atoms with Gasteiger partial charge >= 0.3 is 0 Å². The molecule has 0 aromatic heterocycles. The van der Waals surface area contributed by atoms with Crippen molar-refractivity contribution in [2.24, 2.45) is 17.1 Å². The second-order valence-corrected chi connectivity index (χ2v) is 8.22. The van der Waals surface area contributed by atoms with Gasteiger partial charge in [-0.25, -0.2) is 0 Å². The van der Waals surface area contributed by atoms with E-state index in [4.69, 9.17) is 5.73 Å². The van der Waals surface area contributed by atoms with E-state index >= 15 is 0 Å². The maximum Gasteiger partial charge on any atom is 0.127 e. The summed E-state index contributed by atoms with van der Waals surface area (Å²) in [5.74, 6) is 0.179. The highest BCUT2D eigenvalue weighted by Gasteiger charge is 2.25. The molecule has 0 fully saturated rings. The second kappa shape index (κ2) is 10.2. The molecule has 0 aromatic carbocycles. The van der Waals surface area contributed by atoms with Crippen molar-refractivity contribution in [2.75, 3.05) is 19.6 Å². The van der Waals surface area contributed by atoms with Gasteiger partial charge in [0.25, 0.3) is 0 Å². The molecule has 24 heavy (non-hydrogen) atoms. The second-order valence-electron chi connectivity index (χ2n) is 8.22. The Kier molecular flexibility index (Phi) is 8.98. The van der Waals surface area contributed by atoms with Gasteiger partial charge in [0, 0.05) is 24.7 Å². The molecule has 5 nitrogen and oxygen atoms in total. The van der Waals surface area contributed by atoms with E-state index in [2.05, 4.69) is 44.1 Å². The molecule has 1 unspecified atom stereocenters. The fourth-order valence-corrected chi connectivity index (χ4v) is 3.13. The maximum atomic E-state index is 10.3. The van der Waals surface area contributed by atoms with Gasteiger partial charge in [-0.2, -0.15) is 0 Å². The van der Waals surface area contributed by atoms with Crippen LogP contribution in [-0.4, -0.2) is 42.2 Å². The fourth-order valence-electron chi connectivity index (χ4n) is 3.13. The third-order valence-corrected chi connectivity index (χ3v) is 4.21. The van der Waals surface area contributed by atoms with Gasteiger partial charge < -0.3 is 26.6 Å². The van der Waals surface area contributed by atoms with E-state index in [0.29, 0.717) is 19.6 Å². The van der Waals surface area contributed by atoms with Gasteiger partial charge in [0.15, 0.2) is 0 Å². The summed E-state index contributed by atoms with van der Waals surface area (Å²) >= 11 is 0. The van der Waals surface area contributed by atoms with Crippen molar-refractivity contribution in [3.63, 3.8) is 0 Å². The van der Waals surface area contributed by atoms with Gasteiger partial charge in [-0.15, -0.1) is 0 Å². The third-order valence-electron chi connectivity index (χ3n) is 4.21. The topological polar surface area (TPSA) is 90.5 Å². The lowest BCUT2D eigenvalue weighted by atomic mass is 9.83. The van der Waals surface area contributed by atoms with Crippen LogP contribution in [0.5, 0.6) is 0 Å². The highest BCUT2D eigenvalue weighted by Crippen LogP contribution is 2.30. The molecule has 1 heterocycles. The fraction of sp³-hybridized carbons (Fsp3) is 0.789. The highest BCUT2D eigenvalue weighted by molar-refractivity contribution is 5.10. The summed E-state index contributed by atoms with van der Waals surface area (Å²) in [6, 6.07) is 0. The van der Waals surface area contributed by atoms with E-state index in [1.54, 1.807) is 0 Å². The maximum absolute atomic E-state index is 10.3. The van der Waals surface area contributed by atoms with E-state index in [1.165, 1.54) is 5.57 Å². The minimum absolute atomic E-state index is 0.179. The van der Waals surface area contributed by atoms with Crippen molar-refractivity contribution in [2.45, 2.75) is 65.2 Å². The molecule has 3 atom stereocenters. The molecule has 1 aliphatic rings. The lowest BCUT2D eigenvalue weighted by Gasteiger charge is -2.31. The summed E-state index contributed by atoms with van der Waals surface area (Å²) in [5.41, 5.74) is 7.86. The van der Waals surface area contributed by atoms with Crippen molar-refractivity contribution in [3.8, 4) is 0 Å². The van der Waals surface area contributed by atoms with Crippen LogP contribution in [0.25, 0.3) is 0 Å². The Balaban J connectivity index is 2.33.